The third kappa shape index (κ3) is 5.96. The maximum absolute atomic E-state index is 12.4. The maximum Gasteiger partial charge on any atom is 0.639 e. The molecule has 0 radical (unpaired) electrons. The molecule has 0 aromatic rings. The summed E-state index contributed by atoms with van der Waals surface area (Å²) < 4.78 is 62.1. The Morgan fingerprint density at radius 2 is 1.53 bits per heavy atom. The molecular weight excluding hydrogens is 219 g/mol. The quantitative estimate of drug-likeness (QED) is 0.472. The lowest BCUT2D eigenvalue weighted by atomic mass is 10.2. The number of halogens is 4. The van der Waals surface area contributed by atoms with Gasteiger partial charge in [-0.15, -0.1) is 0 Å². The van der Waals surface area contributed by atoms with E-state index in [4.69, 9.17) is 9.31 Å². The van der Waals surface area contributed by atoms with Crippen LogP contribution in [0.1, 0.15) is 13.8 Å². The van der Waals surface area contributed by atoms with Crippen LogP contribution in [0.2, 0.25) is 0 Å². The van der Waals surface area contributed by atoms with Crippen molar-refractivity contribution in [3.8, 4) is 0 Å². The summed E-state index contributed by atoms with van der Waals surface area (Å²) in [6, 6.07) is 0. The van der Waals surface area contributed by atoms with Crippen molar-refractivity contribution >= 4 is 7.32 Å². The molecule has 0 fully saturated rings. The average molecular weight is 232 g/mol. The highest BCUT2D eigenvalue weighted by Crippen LogP contribution is 2.23. The van der Waals surface area contributed by atoms with Crippen LogP contribution in [-0.2, 0) is 14.0 Å². The predicted molar refractivity (Wildman–Crippen MR) is 45.9 cm³/mol. The van der Waals surface area contributed by atoms with Crippen LogP contribution < -0.4 is 0 Å². The zero-order valence-electron chi connectivity index (χ0n) is 8.51. The lowest BCUT2D eigenvalue weighted by Gasteiger charge is -2.18. The number of hydrogen-bond donors (Lipinski definition) is 0. The summed E-state index contributed by atoms with van der Waals surface area (Å²) in [5, 5.41) is 0. The highest BCUT2D eigenvalue weighted by atomic mass is 19.3. The largest absolute Gasteiger partial charge is 0.639 e. The summed E-state index contributed by atoms with van der Waals surface area (Å²) in [4.78, 5) is 0. The molecule has 3 nitrogen and oxygen atoms in total. The summed E-state index contributed by atoms with van der Waals surface area (Å²) in [5.41, 5.74) is 0. The topological polar surface area (TPSA) is 27.7 Å². The lowest BCUT2D eigenvalue weighted by Crippen LogP contribution is -2.38. The van der Waals surface area contributed by atoms with Crippen LogP contribution in [0.5, 0.6) is 0 Å². The highest BCUT2D eigenvalue weighted by Gasteiger charge is 2.42. The molecule has 0 N–H and O–H groups in total. The molecule has 15 heavy (non-hydrogen) atoms. The Labute approximate surface area is 85.9 Å². The molecule has 0 aliphatic rings. The van der Waals surface area contributed by atoms with Gasteiger partial charge in [-0.25, -0.2) is 8.78 Å². The fraction of sp³-hybridized carbons (Fsp3) is 1.00. The number of hydrogen-bond acceptors (Lipinski definition) is 3. The second-order valence-corrected chi connectivity index (χ2v) is 2.57. The molecule has 8 heteroatoms. The molecule has 0 bridgehead atoms. The molecule has 0 aliphatic heterocycles. The Hall–Kier alpha value is -0.335. The van der Waals surface area contributed by atoms with Crippen molar-refractivity contribution in [3.63, 3.8) is 0 Å². The molecule has 0 rings (SSSR count). The summed E-state index contributed by atoms with van der Waals surface area (Å²) in [6.07, 6.45) is -3.76. The van der Waals surface area contributed by atoms with Gasteiger partial charge >= 0.3 is 19.7 Å². The van der Waals surface area contributed by atoms with Crippen LogP contribution in [0, 0.1) is 0 Å². The smallest absolute Gasteiger partial charge is 0.386 e. The van der Waals surface area contributed by atoms with E-state index in [0.717, 1.165) is 0 Å². The van der Waals surface area contributed by atoms with E-state index in [1.54, 1.807) is 13.8 Å². The van der Waals surface area contributed by atoms with E-state index >= 15 is 0 Å². The molecule has 0 heterocycles. The van der Waals surface area contributed by atoms with Crippen molar-refractivity contribution in [1.82, 2.24) is 0 Å². The van der Waals surface area contributed by atoms with Crippen molar-refractivity contribution in [2.45, 2.75) is 26.2 Å². The fourth-order valence-electron chi connectivity index (χ4n) is 0.659. The van der Waals surface area contributed by atoms with Gasteiger partial charge in [0.05, 0.1) is 0 Å². The third-order valence-corrected chi connectivity index (χ3v) is 1.34. The maximum atomic E-state index is 12.4. The van der Waals surface area contributed by atoms with Gasteiger partial charge in [0.1, 0.15) is 6.61 Å². The zero-order chi connectivity index (χ0) is 11.9. The molecular formula is C7H13BF4O3. The van der Waals surface area contributed by atoms with Crippen LogP contribution >= 0.6 is 0 Å². The second-order valence-electron chi connectivity index (χ2n) is 2.57. The van der Waals surface area contributed by atoms with Crippen LogP contribution in [0.25, 0.3) is 0 Å². The van der Waals surface area contributed by atoms with E-state index in [1.807, 2.05) is 0 Å². The second kappa shape index (κ2) is 7.02. The van der Waals surface area contributed by atoms with Crippen molar-refractivity contribution in [3.05, 3.63) is 0 Å². The van der Waals surface area contributed by atoms with Gasteiger partial charge in [0.25, 0.3) is 0 Å². The Morgan fingerprint density at radius 1 is 1.07 bits per heavy atom. The van der Waals surface area contributed by atoms with E-state index < -0.39 is 26.3 Å². The van der Waals surface area contributed by atoms with Crippen LogP contribution in [0.3, 0.4) is 0 Å². The molecule has 0 saturated carbocycles. The third-order valence-electron chi connectivity index (χ3n) is 1.34. The first-order chi connectivity index (χ1) is 6.94. The average Bonchev–Trinajstić information content (AvgIpc) is 2.15. The number of alkyl halides is 4. The van der Waals surface area contributed by atoms with Crippen molar-refractivity contribution < 1.29 is 31.5 Å². The molecule has 0 saturated heterocycles. The Morgan fingerprint density at radius 3 is 1.87 bits per heavy atom. The molecule has 0 amide bonds. The Kier molecular flexibility index (Phi) is 6.87. The first-order valence-corrected chi connectivity index (χ1v) is 4.44. The van der Waals surface area contributed by atoms with E-state index in [-0.39, 0.29) is 13.2 Å². The Bertz CT molecular complexity index is 164. The van der Waals surface area contributed by atoms with Gasteiger partial charge < -0.3 is 14.0 Å². The highest BCUT2D eigenvalue weighted by molar-refractivity contribution is 6.36. The molecule has 0 aromatic carbocycles. The first-order valence-electron chi connectivity index (χ1n) is 4.44. The van der Waals surface area contributed by atoms with Crippen molar-refractivity contribution in [2.75, 3.05) is 19.8 Å². The minimum atomic E-state index is -4.19. The SMILES string of the molecule is CCOB(OCC)OCC(F)(F)C(F)F. The van der Waals surface area contributed by atoms with Gasteiger partial charge in [-0.2, -0.15) is 8.78 Å². The van der Waals surface area contributed by atoms with E-state index in [9.17, 15) is 17.6 Å². The summed E-state index contributed by atoms with van der Waals surface area (Å²) in [6.45, 7) is 2.10. The summed E-state index contributed by atoms with van der Waals surface area (Å²) in [7, 11) is -1.33. The van der Waals surface area contributed by atoms with Crippen molar-refractivity contribution in [1.29, 1.82) is 0 Å². The normalized spacial score (nSPS) is 12.2. The van der Waals surface area contributed by atoms with Crippen LogP contribution in [0.4, 0.5) is 17.6 Å². The lowest BCUT2D eigenvalue weighted by molar-refractivity contribution is -0.154. The van der Waals surface area contributed by atoms with Crippen molar-refractivity contribution in [2.24, 2.45) is 0 Å². The van der Waals surface area contributed by atoms with Crippen LogP contribution in [-0.4, -0.2) is 39.5 Å². The molecule has 0 spiro atoms. The number of rotatable bonds is 8. The Balaban J connectivity index is 3.97. The first kappa shape index (κ1) is 14.7. The van der Waals surface area contributed by atoms with Crippen LogP contribution in [0.15, 0.2) is 0 Å². The van der Waals surface area contributed by atoms with Gasteiger partial charge in [0, 0.05) is 13.2 Å². The standard InChI is InChI=1S/C7H13BF4O3/c1-3-13-8(14-4-2)15-5-7(11,12)6(9)10/h6H,3-5H2,1-2H3. The summed E-state index contributed by atoms with van der Waals surface area (Å²) >= 11 is 0. The molecule has 0 atom stereocenters. The zero-order valence-corrected chi connectivity index (χ0v) is 8.51. The minimum absolute atomic E-state index is 0.172. The molecule has 90 valence electrons. The summed E-state index contributed by atoms with van der Waals surface area (Å²) in [5.74, 6) is -4.19. The molecule has 0 aromatic heterocycles. The van der Waals surface area contributed by atoms with Gasteiger partial charge in [0.2, 0.25) is 0 Å². The monoisotopic (exact) mass is 232 g/mol. The van der Waals surface area contributed by atoms with E-state index in [2.05, 4.69) is 4.65 Å². The van der Waals surface area contributed by atoms with Gasteiger partial charge in [0.15, 0.2) is 0 Å². The molecule has 0 aliphatic carbocycles. The fourth-order valence-corrected chi connectivity index (χ4v) is 0.659. The van der Waals surface area contributed by atoms with E-state index in [1.165, 1.54) is 0 Å². The minimum Gasteiger partial charge on any atom is -0.386 e. The van der Waals surface area contributed by atoms with Gasteiger partial charge in [-0.3, -0.25) is 0 Å². The van der Waals surface area contributed by atoms with E-state index in [0.29, 0.717) is 0 Å². The van der Waals surface area contributed by atoms with Gasteiger partial charge in [-0.05, 0) is 13.8 Å². The predicted octanol–water partition coefficient (Wildman–Crippen LogP) is 1.96. The van der Waals surface area contributed by atoms with Gasteiger partial charge in [-0.1, -0.05) is 0 Å². The molecule has 0 unspecified atom stereocenters.